The van der Waals surface area contributed by atoms with Crippen molar-refractivity contribution < 1.29 is 0 Å². The lowest BCUT2D eigenvalue weighted by Gasteiger charge is -2.24. The first kappa shape index (κ1) is 15.4. The van der Waals surface area contributed by atoms with E-state index in [1.54, 1.807) is 22.9 Å². The van der Waals surface area contributed by atoms with Crippen LogP contribution in [-0.2, 0) is 7.05 Å². The first-order chi connectivity index (χ1) is 10.0. The first-order valence-corrected chi connectivity index (χ1v) is 6.98. The van der Waals surface area contributed by atoms with Crippen molar-refractivity contribution in [2.24, 2.45) is 7.05 Å². The maximum absolute atomic E-state index is 9.17. The van der Waals surface area contributed by atoms with Gasteiger partial charge in [0.05, 0.1) is 28.5 Å². The van der Waals surface area contributed by atoms with Gasteiger partial charge in [-0.1, -0.05) is 17.7 Å². The molecule has 6 heteroatoms. The van der Waals surface area contributed by atoms with Crippen LogP contribution in [0.3, 0.4) is 0 Å². The summed E-state index contributed by atoms with van der Waals surface area (Å²) in [5.74, 6) is 0. The minimum atomic E-state index is 0.140. The van der Waals surface area contributed by atoms with Crippen molar-refractivity contribution in [3.8, 4) is 6.07 Å². The van der Waals surface area contributed by atoms with Crippen molar-refractivity contribution in [1.29, 1.82) is 5.26 Å². The van der Waals surface area contributed by atoms with Gasteiger partial charge in [0, 0.05) is 25.4 Å². The second-order valence-electron chi connectivity index (χ2n) is 5.08. The van der Waals surface area contributed by atoms with Gasteiger partial charge in [-0.15, -0.1) is 0 Å². The molecule has 0 spiro atoms. The highest BCUT2D eigenvalue weighted by atomic mass is 35.5. The number of benzene rings is 1. The molecule has 2 rings (SSSR count). The summed E-state index contributed by atoms with van der Waals surface area (Å²) < 4.78 is 1.78. The smallest absolute Gasteiger partial charge is 0.101 e. The highest BCUT2D eigenvalue weighted by Gasteiger charge is 2.17. The molecule has 0 saturated carbocycles. The fourth-order valence-corrected chi connectivity index (χ4v) is 2.45. The molecule has 1 N–H and O–H groups in total. The number of hydrogen-bond donors (Lipinski definition) is 1. The first-order valence-electron chi connectivity index (χ1n) is 6.60. The largest absolute Gasteiger partial charge is 0.381 e. The van der Waals surface area contributed by atoms with Gasteiger partial charge in [0.1, 0.15) is 6.07 Å². The van der Waals surface area contributed by atoms with E-state index in [0.29, 0.717) is 22.8 Å². The molecule has 0 aliphatic heterocycles. The topological polar surface area (TPSA) is 56.9 Å². The molecule has 1 heterocycles. The average Bonchev–Trinajstić information content (AvgIpc) is 2.86. The number of rotatable bonds is 5. The highest BCUT2D eigenvalue weighted by molar-refractivity contribution is 6.33. The molecular formula is C15H18ClN5. The molecule has 0 unspecified atom stereocenters. The van der Waals surface area contributed by atoms with E-state index < -0.39 is 0 Å². The maximum atomic E-state index is 9.17. The summed E-state index contributed by atoms with van der Waals surface area (Å²) in [6.07, 6.45) is 3.84. The van der Waals surface area contributed by atoms with E-state index in [0.717, 1.165) is 5.56 Å². The number of anilines is 1. The van der Waals surface area contributed by atoms with Gasteiger partial charge in [-0.2, -0.15) is 10.4 Å². The second kappa shape index (κ2) is 6.61. The monoisotopic (exact) mass is 303 g/mol. The molecule has 21 heavy (non-hydrogen) atoms. The Hall–Kier alpha value is -2.03. The molecule has 1 aromatic heterocycles. The van der Waals surface area contributed by atoms with Gasteiger partial charge in [0.2, 0.25) is 0 Å². The SMILES string of the molecule is CN(C)[C@H](CNc1c(Cl)cccc1C#N)c1cnn(C)c1. The van der Waals surface area contributed by atoms with Crippen LogP contribution in [0.1, 0.15) is 17.2 Å². The van der Waals surface area contributed by atoms with Crippen LogP contribution in [0.15, 0.2) is 30.6 Å². The van der Waals surface area contributed by atoms with Crippen LogP contribution in [0.4, 0.5) is 5.69 Å². The van der Waals surface area contributed by atoms with Crippen molar-refractivity contribution in [3.63, 3.8) is 0 Å². The number of nitrogens with zero attached hydrogens (tertiary/aromatic N) is 4. The van der Waals surface area contributed by atoms with Crippen molar-refractivity contribution in [2.75, 3.05) is 26.0 Å². The average molecular weight is 304 g/mol. The third-order valence-corrected chi connectivity index (χ3v) is 3.65. The zero-order valence-corrected chi connectivity index (χ0v) is 13.1. The summed E-state index contributed by atoms with van der Waals surface area (Å²) in [5, 5.41) is 17.2. The van der Waals surface area contributed by atoms with E-state index >= 15 is 0 Å². The van der Waals surface area contributed by atoms with Crippen LogP contribution >= 0.6 is 11.6 Å². The molecule has 1 aromatic carbocycles. The quantitative estimate of drug-likeness (QED) is 0.922. The number of para-hydroxylation sites is 1. The summed E-state index contributed by atoms with van der Waals surface area (Å²) >= 11 is 6.18. The van der Waals surface area contributed by atoms with Crippen LogP contribution in [0.2, 0.25) is 5.02 Å². The highest BCUT2D eigenvalue weighted by Crippen LogP contribution is 2.27. The minimum Gasteiger partial charge on any atom is -0.381 e. The lowest BCUT2D eigenvalue weighted by molar-refractivity contribution is 0.311. The van der Waals surface area contributed by atoms with Gasteiger partial charge in [-0.05, 0) is 26.2 Å². The third-order valence-electron chi connectivity index (χ3n) is 3.34. The number of nitrogens with one attached hydrogen (secondary N) is 1. The van der Waals surface area contributed by atoms with Crippen molar-refractivity contribution in [3.05, 3.63) is 46.7 Å². The number of likely N-dealkylation sites (N-methyl/N-ethyl adjacent to an activating group) is 1. The van der Waals surface area contributed by atoms with Crippen LogP contribution < -0.4 is 5.32 Å². The van der Waals surface area contributed by atoms with Gasteiger partial charge < -0.3 is 10.2 Å². The van der Waals surface area contributed by atoms with E-state index in [1.807, 2.05) is 33.5 Å². The number of aromatic nitrogens is 2. The van der Waals surface area contributed by atoms with E-state index in [4.69, 9.17) is 16.9 Å². The molecular weight excluding hydrogens is 286 g/mol. The van der Waals surface area contributed by atoms with Crippen molar-refractivity contribution in [1.82, 2.24) is 14.7 Å². The molecule has 0 amide bonds. The maximum Gasteiger partial charge on any atom is 0.101 e. The Kier molecular flexibility index (Phi) is 4.84. The molecule has 0 aliphatic carbocycles. The number of aryl methyl sites for hydroxylation is 1. The number of halogens is 1. The van der Waals surface area contributed by atoms with Crippen LogP contribution in [0, 0.1) is 11.3 Å². The zero-order valence-electron chi connectivity index (χ0n) is 12.3. The van der Waals surface area contributed by atoms with E-state index in [-0.39, 0.29) is 6.04 Å². The molecule has 0 aliphatic rings. The molecule has 0 saturated heterocycles. The molecule has 110 valence electrons. The zero-order chi connectivity index (χ0) is 15.4. The second-order valence-corrected chi connectivity index (χ2v) is 5.49. The van der Waals surface area contributed by atoms with Gasteiger partial charge in [-0.3, -0.25) is 4.68 Å². The van der Waals surface area contributed by atoms with Gasteiger partial charge in [0.15, 0.2) is 0 Å². The summed E-state index contributed by atoms with van der Waals surface area (Å²) in [6, 6.07) is 7.60. The Morgan fingerprint density at radius 3 is 2.81 bits per heavy atom. The normalized spacial score (nSPS) is 12.2. The fraction of sp³-hybridized carbons (Fsp3) is 0.333. The third kappa shape index (κ3) is 3.54. The summed E-state index contributed by atoms with van der Waals surface area (Å²) in [7, 11) is 5.92. The van der Waals surface area contributed by atoms with Crippen molar-refractivity contribution >= 4 is 17.3 Å². The van der Waals surface area contributed by atoms with Crippen LogP contribution in [0.5, 0.6) is 0 Å². The van der Waals surface area contributed by atoms with Crippen LogP contribution in [0.25, 0.3) is 0 Å². The molecule has 0 fully saturated rings. The minimum absolute atomic E-state index is 0.140. The number of nitriles is 1. The Labute approximate surface area is 129 Å². The molecule has 0 radical (unpaired) electrons. The summed E-state index contributed by atoms with van der Waals surface area (Å²) in [5.41, 5.74) is 2.34. The van der Waals surface area contributed by atoms with Crippen LogP contribution in [-0.4, -0.2) is 35.3 Å². The fourth-order valence-electron chi connectivity index (χ4n) is 2.21. The Morgan fingerprint density at radius 1 is 1.48 bits per heavy atom. The van der Waals surface area contributed by atoms with Gasteiger partial charge in [0.25, 0.3) is 0 Å². The van der Waals surface area contributed by atoms with E-state index in [1.165, 1.54) is 0 Å². The predicted molar refractivity (Wildman–Crippen MR) is 84.3 cm³/mol. The number of hydrogen-bond acceptors (Lipinski definition) is 4. The van der Waals surface area contributed by atoms with E-state index in [9.17, 15) is 0 Å². The molecule has 0 bridgehead atoms. The predicted octanol–water partition coefficient (Wildman–Crippen LogP) is 2.66. The molecule has 1 atom stereocenters. The molecule has 2 aromatic rings. The Balaban J connectivity index is 2.19. The van der Waals surface area contributed by atoms with Crippen molar-refractivity contribution in [2.45, 2.75) is 6.04 Å². The summed E-state index contributed by atoms with van der Waals surface area (Å²) in [4.78, 5) is 2.10. The van der Waals surface area contributed by atoms with E-state index in [2.05, 4.69) is 21.4 Å². The van der Waals surface area contributed by atoms with Gasteiger partial charge >= 0.3 is 0 Å². The lowest BCUT2D eigenvalue weighted by atomic mass is 10.1. The van der Waals surface area contributed by atoms with Gasteiger partial charge in [-0.25, -0.2) is 0 Å². The Morgan fingerprint density at radius 2 is 2.24 bits per heavy atom. The summed E-state index contributed by atoms with van der Waals surface area (Å²) in [6.45, 7) is 0.636. The lowest BCUT2D eigenvalue weighted by Crippen LogP contribution is -2.26. The Bertz CT molecular complexity index is 656. The standard InChI is InChI=1S/C15H18ClN5/c1-20(2)14(12-8-19-21(3)10-12)9-18-15-11(7-17)5-4-6-13(15)16/h4-6,8,10,14,18H,9H2,1-3H3/t14-/m1/s1. The molecule has 5 nitrogen and oxygen atoms in total.